The van der Waals surface area contributed by atoms with E-state index in [4.69, 9.17) is 4.84 Å². The Morgan fingerprint density at radius 2 is 2.08 bits per heavy atom. The molecule has 8 nitrogen and oxygen atoms in total. The minimum atomic E-state index is -3.99. The van der Waals surface area contributed by atoms with Crippen molar-refractivity contribution in [3.63, 3.8) is 0 Å². The van der Waals surface area contributed by atoms with E-state index in [1.807, 2.05) is 0 Å². The number of phenolic OH excluding ortho intramolecular Hbond substituents is 1. The molecule has 0 aliphatic carbocycles. The van der Waals surface area contributed by atoms with Gasteiger partial charge in [-0.25, -0.2) is 13.9 Å². The van der Waals surface area contributed by atoms with Gasteiger partial charge in [-0.2, -0.15) is 4.31 Å². The number of hydrogen-bond acceptors (Lipinski definition) is 6. The monoisotopic (exact) mass is 354 g/mol. The van der Waals surface area contributed by atoms with Gasteiger partial charge in [0.2, 0.25) is 10.0 Å². The van der Waals surface area contributed by atoms with Crippen LogP contribution in [0.4, 0.5) is 0 Å². The molecule has 2 N–H and O–H groups in total. The summed E-state index contributed by atoms with van der Waals surface area (Å²) in [5.74, 6) is -0.988. The van der Waals surface area contributed by atoms with E-state index in [0.717, 1.165) is 4.31 Å². The van der Waals surface area contributed by atoms with Crippen molar-refractivity contribution < 1.29 is 28.0 Å². The topological polar surface area (TPSA) is 113 Å². The minimum absolute atomic E-state index is 0.0363. The zero-order chi connectivity index (χ0) is 17.7. The number of aromatic hydroxyl groups is 1. The van der Waals surface area contributed by atoms with E-state index >= 15 is 0 Å². The number of amides is 1. The summed E-state index contributed by atoms with van der Waals surface area (Å²) in [7, 11) is -3.99. The third-order valence-electron chi connectivity index (χ3n) is 3.50. The Morgan fingerprint density at radius 1 is 1.42 bits per heavy atom. The summed E-state index contributed by atoms with van der Waals surface area (Å²) in [6.07, 6.45) is 1.23. The number of phenols is 1. The maximum absolute atomic E-state index is 12.7. The van der Waals surface area contributed by atoms with Gasteiger partial charge in [-0.1, -0.05) is 6.08 Å². The number of rotatable bonds is 6. The summed E-state index contributed by atoms with van der Waals surface area (Å²) in [4.78, 5) is 28.6. The molecule has 0 saturated carbocycles. The molecular formula is C15H18N2O6S. The van der Waals surface area contributed by atoms with E-state index in [1.54, 1.807) is 0 Å². The Kier molecular flexibility index (Phi) is 5.71. The van der Waals surface area contributed by atoms with E-state index in [-0.39, 0.29) is 42.4 Å². The second-order valence-corrected chi connectivity index (χ2v) is 7.07. The number of hydrogen-bond donors (Lipinski definition) is 2. The highest BCUT2D eigenvalue weighted by molar-refractivity contribution is 7.89. The summed E-state index contributed by atoms with van der Waals surface area (Å²) in [5, 5.41) is 9.29. The predicted molar refractivity (Wildman–Crippen MR) is 84.3 cm³/mol. The number of nitrogens with one attached hydrogen (secondary N) is 1. The highest BCUT2D eigenvalue weighted by atomic mass is 32.2. The molecule has 1 atom stereocenters. The lowest BCUT2D eigenvalue weighted by atomic mass is 10.0. The first-order valence-electron chi connectivity index (χ1n) is 7.21. The zero-order valence-corrected chi connectivity index (χ0v) is 13.7. The number of nitrogens with zero attached hydrogens (tertiary/aromatic N) is 1. The normalized spacial score (nSPS) is 19.0. The third kappa shape index (κ3) is 3.99. The van der Waals surface area contributed by atoms with Crippen molar-refractivity contribution >= 4 is 21.7 Å². The van der Waals surface area contributed by atoms with Crippen LogP contribution in [0.3, 0.4) is 0 Å². The molecule has 1 unspecified atom stereocenters. The average molecular weight is 354 g/mol. The molecule has 0 spiro atoms. The Morgan fingerprint density at radius 3 is 2.71 bits per heavy atom. The van der Waals surface area contributed by atoms with Gasteiger partial charge in [0, 0.05) is 19.4 Å². The number of carbonyl (C=O) groups is 2. The number of carbonyl (C=O) groups excluding carboxylic acids is 2. The lowest BCUT2D eigenvalue weighted by Crippen LogP contribution is -2.53. The molecule has 1 aromatic carbocycles. The Balaban J connectivity index is 2.26. The van der Waals surface area contributed by atoms with Crippen molar-refractivity contribution in [1.82, 2.24) is 9.79 Å². The first kappa shape index (κ1) is 18.1. The largest absolute Gasteiger partial charge is 0.508 e. The summed E-state index contributed by atoms with van der Waals surface area (Å²) in [6, 6.07) is 3.78. The maximum Gasteiger partial charge on any atom is 0.262 e. The van der Waals surface area contributed by atoms with Crippen LogP contribution < -0.4 is 5.48 Å². The van der Waals surface area contributed by atoms with Crippen LogP contribution in [0.2, 0.25) is 0 Å². The van der Waals surface area contributed by atoms with E-state index < -0.39 is 22.0 Å². The van der Waals surface area contributed by atoms with Gasteiger partial charge in [-0.05, 0) is 24.3 Å². The Hall–Kier alpha value is -2.23. The van der Waals surface area contributed by atoms with Crippen LogP contribution in [0.15, 0.2) is 41.8 Å². The van der Waals surface area contributed by atoms with Crippen molar-refractivity contribution in [2.45, 2.75) is 23.8 Å². The molecule has 1 fully saturated rings. The first-order chi connectivity index (χ1) is 11.4. The summed E-state index contributed by atoms with van der Waals surface area (Å²) < 4.78 is 26.5. The van der Waals surface area contributed by atoms with Crippen LogP contribution >= 0.6 is 0 Å². The number of hydroxylamine groups is 1. The highest BCUT2D eigenvalue weighted by Crippen LogP contribution is 2.25. The third-order valence-corrected chi connectivity index (χ3v) is 5.42. The van der Waals surface area contributed by atoms with E-state index in [1.165, 1.54) is 30.3 Å². The molecule has 0 bridgehead atoms. The highest BCUT2D eigenvalue weighted by Gasteiger charge is 2.40. The molecule has 1 aliphatic heterocycles. The summed E-state index contributed by atoms with van der Waals surface area (Å²) in [6.45, 7) is 3.38. The molecule has 1 saturated heterocycles. The number of piperidine rings is 1. The standard InChI is InChI=1S/C15H18N2O6S/c1-2-9-23-16-15(20)14-10-12(19)7-8-17(14)24(21,22)13-5-3-11(18)4-6-13/h2-6,14,18H,1,7-10H2,(H,16,20). The molecule has 2 rings (SSSR count). The first-order valence-corrected chi connectivity index (χ1v) is 8.65. The van der Waals surface area contributed by atoms with Crippen LogP contribution in [0, 0.1) is 0 Å². The van der Waals surface area contributed by atoms with Gasteiger partial charge in [0.15, 0.2) is 0 Å². The second kappa shape index (κ2) is 7.56. The van der Waals surface area contributed by atoms with Gasteiger partial charge < -0.3 is 5.11 Å². The van der Waals surface area contributed by atoms with Crippen molar-refractivity contribution in [3.05, 3.63) is 36.9 Å². The van der Waals surface area contributed by atoms with Gasteiger partial charge in [0.05, 0.1) is 11.5 Å². The van der Waals surface area contributed by atoms with Crippen LogP contribution in [-0.2, 0) is 24.4 Å². The number of ketones is 1. The van der Waals surface area contributed by atoms with E-state index in [0.29, 0.717) is 0 Å². The fourth-order valence-corrected chi connectivity index (χ4v) is 3.90. The quantitative estimate of drug-likeness (QED) is 0.433. The van der Waals surface area contributed by atoms with Gasteiger partial charge in [0.1, 0.15) is 17.6 Å². The number of sulfonamides is 1. The van der Waals surface area contributed by atoms with Gasteiger partial charge >= 0.3 is 0 Å². The molecular weight excluding hydrogens is 336 g/mol. The minimum Gasteiger partial charge on any atom is -0.508 e. The van der Waals surface area contributed by atoms with E-state index in [2.05, 4.69) is 12.1 Å². The van der Waals surface area contributed by atoms with E-state index in [9.17, 15) is 23.1 Å². The molecule has 0 radical (unpaired) electrons. The molecule has 130 valence electrons. The molecule has 9 heteroatoms. The Bertz CT molecular complexity index is 729. The maximum atomic E-state index is 12.7. The average Bonchev–Trinajstić information content (AvgIpc) is 2.55. The van der Waals surface area contributed by atoms with Crippen molar-refractivity contribution in [1.29, 1.82) is 0 Å². The second-order valence-electron chi connectivity index (χ2n) is 5.18. The molecule has 0 aromatic heterocycles. The lowest BCUT2D eigenvalue weighted by Gasteiger charge is -2.32. The zero-order valence-electron chi connectivity index (χ0n) is 12.8. The number of Topliss-reactive ketones (excluding diaryl/α,β-unsaturated/α-hetero) is 1. The van der Waals surface area contributed by atoms with Crippen LogP contribution in [-0.4, -0.2) is 48.7 Å². The Labute approximate surface area is 139 Å². The molecule has 24 heavy (non-hydrogen) atoms. The SMILES string of the molecule is C=CCONC(=O)C1CC(=O)CCN1S(=O)(=O)c1ccc(O)cc1. The van der Waals surface area contributed by atoms with Crippen LogP contribution in [0.1, 0.15) is 12.8 Å². The molecule has 1 aliphatic rings. The molecule has 1 aromatic rings. The van der Waals surface area contributed by atoms with Crippen molar-refractivity contribution in [2.24, 2.45) is 0 Å². The molecule has 1 heterocycles. The summed E-state index contributed by atoms with van der Waals surface area (Å²) in [5.41, 5.74) is 2.13. The van der Waals surface area contributed by atoms with Crippen LogP contribution in [0.25, 0.3) is 0 Å². The predicted octanol–water partition coefficient (Wildman–Crippen LogP) is 0.348. The summed E-state index contributed by atoms with van der Waals surface area (Å²) >= 11 is 0. The molecule has 1 amide bonds. The van der Waals surface area contributed by atoms with Crippen molar-refractivity contribution in [2.75, 3.05) is 13.2 Å². The van der Waals surface area contributed by atoms with Gasteiger partial charge in [0.25, 0.3) is 5.91 Å². The lowest BCUT2D eigenvalue weighted by molar-refractivity contribution is -0.140. The van der Waals surface area contributed by atoms with Crippen LogP contribution in [0.5, 0.6) is 5.75 Å². The van der Waals surface area contributed by atoms with Gasteiger partial charge in [-0.15, -0.1) is 6.58 Å². The fraction of sp³-hybridized carbons (Fsp3) is 0.333. The van der Waals surface area contributed by atoms with Gasteiger partial charge in [-0.3, -0.25) is 14.4 Å². The fourth-order valence-electron chi connectivity index (χ4n) is 2.31. The van der Waals surface area contributed by atoms with Crippen molar-refractivity contribution in [3.8, 4) is 5.75 Å². The number of benzene rings is 1. The smallest absolute Gasteiger partial charge is 0.262 e.